The van der Waals surface area contributed by atoms with Gasteiger partial charge in [-0.05, 0) is 228 Å². The molecule has 9 amide bonds. The highest BCUT2D eigenvalue weighted by molar-refractivity contribution is 7.21. The molecule has 3 fully saturated rings. The molecule has 0 saturated carbocycles. The van der Waals surface area contributed by atoms with Crippen molar-refractivity contribution in [1.82, 2.24) is 18.9 Å². The van der Waals surface area contributed by atoms with Crippen molar-refractivity contribution in [3.63, 3.8) is 0 Å². The van der Waals surface area contributed by atoms with E-state index in [0.29, 0.717) is 152 Å². The molecule has 10 aromatic rings. The number of nitrogens with zero attached hydrogens (tertiary/aromatic N) is 6. The minimum absolute atomic E-state index is 0.0118. The molecule has 30 heteroatoms. The average molecular weight is 1620 g/mol. The summed E-state index contributed by atoms with van der Waals surface area (Å²) in [6.45, 7) is 9.71. The van der Waals surface area contributed by atoms with E-state index in [1.165, 1.54) is 33.6 Å². The number of ether oxygens (including phenoxy) is 5. The second kappa shape index (κ2) is 36.5. The second-order valence-corrected chi connectivity index (χ2v) is 31.6. The van der Waals surface area contributed by atoms with Crippen LogP contribution in [0.15, 0.2) is 164 Å². The molecule has 3 saturated heterocycles. The zero-order chi connectivity index (χ0) is 82.0. The van der Waals surface area contributed by atoms with E-state index < -0.39 is 24.7 Å². The monoisotopic (exact) mass is 1620 g/mol. The number of nitrogen functional groups attached to an aromatic ring is 2. The van der Waals surface area contributed by atoms with Crippen LogP contribution < -0.4 is 57.7 Å². The predicted octanol–water partition coefficient (Wildman–Crippen LogP) is 15.6. The topological polar surface area (TPSA) is 356 Å². The molecule has 9 heterocycles. The van der Waals surface area contributed by atoms with Gasteiger partial charge >= 0.3 is 6.09 Å². The minimum Gasteiger partial charge on any atom is -0.493 e. The lowest BCUT2D eigenvalue weighted by molar-refractivity contribution is -0.198. The minimum atomic E-state index is -0.864. The van der Waals surface area contributed by atoms with Crippen LogP contribution in [0, 0.1) is 13.8 Å². The number of rotatable bonds is 24. The van der Waals surface area contributed by atoms with Gasteiger partial charge in [-0.3, -0.25) is 43.3 Å². The summed E-state index contributed by atoms with van der Waals surface area (Å²) in [6, 6.07) is 38.2. The van der Waals surface area contributed by atoms with Crippen LogP contribution in [-0.2, 0) is 37.9 Å². The maximum Gasteiger partial charge on any atom is 0.416 e. The third-order valence-electron chi connectivity index (χ3n) is 20.8. The summed E-state index contributed by atoms with van der Waals surface area (Å²) in [4.78, 5) is 130. The third-order valence-corrected chi connectivity index (χ3v) is 23.1. The number of hydrogen-bond acceptors (Lipinski definition) is 19. The second-order valence-electron chi connectivity index (χ2n) is 29.5. The molecule has 15 rings (SSSR count). The first-order valence-electron chi connectivity index (χ1n) is 39.1. The zero-order valence-corrected chi connectivity index (χ0v) is 67.0. The van der Waals surface area contributed by atoms with Crippen molar-refractivity contribution >= 4 is 159 Å². The molecule has 6 aromatic carbocycles. The van der Waals surface area contributed by atoms with Crippen LogP contribution >= 0.6 is 22.7 Å². The van der Waals surface area contributed by atoms with Crippen molar-refractivity contribution in [2.45, 2.75) is 122 Å². The van der Waals surface area contributed by atoms with Crippen LogP contribution in [-0.4, -0.2) is 143 Å². The van der Waals surface area contributed by atoms with E-state index in [9.17, 15) is 43.2 Å². The highest BCUT2D eigenvalue weighted by Crippen LogP contribution is 2.42. The third kappa shape index (κ3) is 19.3. The first-order valence-corrected chi connectivity index (χ1v) is 40.7. The van der Waals surface area contributed by atoms with Gasteiger partial charge in [0.25, 0.3) is 35.4 Å². The number of anilines is 9. The molecule has 28 nitrogen and oxygen atoms in total. The van der Waals surface area contributed by atoms with Gasteiger partial charge in [0.2, 0.25) is 11.8 Å². The molecule has 2 unspecified atom stereocenters. The van der Waals surface area contributed by atoms with Gasteiger partial charge in [0, 0.05) is 121 Å². The summed E-state index contributed by atoms with van der Waals surface area (Å²) in [7, 11) is 3.45. The first kappa shape index (κ1) is 80.9. The van der Waals surface area contributed by atoms with Crippen molar-refractivity contribution in [3.05, 3.63) is 202 Å². The van der Waals surface area contributed by atoms with Crippen molar-refractivity contribution in [3.8, 4) is 11.5 Å². The van der Waals surface area contributed by atoms with Crippen molar-refractivity contribution in [2.75, 3.05) is 87.8 Å². The zero-order valence-electron chi connectivity index (χ0n) is 65.3. The van der Waals surface area contributed by atoms with Crippen molar-refractivity contribution < 1.29 is 66.8 Å². The number of aromatic nitrogens is 2. The lowest BCUT2D eigenvalue weighted by Gasteiger charge is -2.42. The molecule has 0 aliphatic carbocycles. The molecule has 0 spiro atoms. The van der Waals surface area contributed by atoms with E-state index in [0.717, 1.165) is 77.2 Å². The molecule has 0 bridgehead atoms. The molecule has 606 valence electrons. The quantitative estimate of drug-likeness (QED) is 0.0158. The Hall–Kier alpha value is -12.6. The molecule has 4 aromatic heterocycles. The largest absolute Gasteiger partial charge is 0.493 e. The van der Waals surface area contributed by atoms with Gasteiger partial charge in [-0.25, -0.2) is 9.69 Å². The lowest BCUT2D eigenvalue weighted by Crippen LogP contribution is -2.57. The summed E-state index contributed by atoms with van der Waals surface area (Å²) in [5.41, 5.74) is 20.2. The number of hydrogen-bond donors (Lipinski definition) is 8. The Morgan fingerprint density at radius 1 is 0.556 bits per heavy atom. The summed E-state index contributed by atoms with van der Waals surface area (Å²) < 4.78 is 35.5. The summed E-state index contributed by atoms with van der Waals surface area (Å²) in [5, 5.41) is 18.9. The number of benzene rings is 6. The maximum absolute atomic E-state index is 14.2. The summed E-state index contributed by atoms with van der Waals surface area (Å²) >= 11 is 2.70. The number of piperidine rings is 2. The fourth-order valence-electron chi connectivity index (χ4n) is 14.9. The summed E-state index contributed by atoms with van der Waals surface area (Å²) in [6.07, 6.45) is 13.7. The average Bonchev–Trinajstić information content (AvgIpc) is 1.62. The normalized spacial score (nSPS) is 16.8. The van der Waals surface area contributed by atoms with E-state index in [4.69, 9.17) is 35.2 Å². The van der Waals surface area contributed by atoms with Crippen LogP contribution in [0.25, 0.3) is 20.2 Å². The number of carbonyl (C=O) groups is 9. The predicted molar refractivity (Wildman–Crippen MR) is 455 cm³/mol. The molecule has 10 N–H and O–H groups in total. The number of fused-ring (bicyclic) bond motifs is 6. The molecule has 117 heavy (non-hydrogen) atoms. The van der Waals surface area contributed by atoms with E-state index in [1.54, 1.807) is 139 Å². The number of amides is 9. The molecule has 0 radical (unpaired) electrons. The van der Waals surface area contributed by atoms with Gasteiger partial charge in [0.1, 0.15) is 29.5 Å². The Morgan fingerprint density at radius 3 is 1.61 bits per heavy atom. The standard InChI is InChI=1S/C48H53N7O9S.C39H39N7O5S/c1-4-20-63-48(60)55-37-27-39(29(2)23-35(37)46(59)54-19-7-5-10-36(54)47(55)64-43-12-6-8-21-62-43)61-22-9-11-42(56)50-34-26-38(53(3)28-34)44(57)52-33-17-18-40-30(24-33)25-41(65-40)45(58)51-32-15-13-31(49)14-16-32;1-23-16-30-31(41-21-29-6-3-4-14-46(29)39(30)50)20-33(23)51-15-5-7-36(47)42-28-19-32(45(2)22-28)37(48)44-27-12-13-34-24(17-27)18-35(52-34)38(49)43-26-10-8-25(40)9-11-26/h4,13-18,23-28,36,43,47H,1,5-12,19-22,49H2,2-3H3,(H,50,56)(H,51,58)(H,52,57);8-13,16-22,29H,3-7,14-15,40H2,1-2H3,(H,42,47)(H,43,49)(H,44,48)/t36-,43?,47?;29-/m00/s1. The van der Waals surface area contributed by atoms with Gasteiger partial charge in [0.05, 0.1) is 68.9 Å². The Balaban J connectivity index is 0.000000197. The fraction of sp³-hybridized carbons (Fsp3) is 0.310. The highest BCUT2D eigenvalue weighted by atomic mass is 32.1. The van der Waals surface area contributed by atoms with Gasteiger partial charge in [-0.2, -0.15) is 0 Å². The molecular weight excluding hydrogens is 1530 g/mol. The highest BCUT2D eigenvalue weighted by Gasteiger charge is 2.47. The Labute approximate surface area is 683 Å². The smallest absolute Gasteiger partial charge is 0.416 e. The molecule has 4 atom stereocenters. The number of aryl methyl sites for hydroxylation is 4. The maximum atomic E-state index is 14.2. The molecule has 5 aliphatic rings. The number of thiophene rings is 2. The Morgan fingerprint density at radius 2 is 1.06 bits per heavy atom. The van der Waals surface area contributed by atoms with Gasteiger partial charge in [-0.15, -0.1) is 22.7 Å². The molecule has 5 aliphatic heterocycles. The van der Waals surface area contributed by atoms with Crippen LogP contribution in [0.1, 0.15) is 156 Å². The number of nitrogens with two attached hydrogens (primary N) is 2. The van der Waals surface area contributed by atoms with Crippen molar-refractivity contribution in [1.29, 1.82) is 0 Å². The Bertz CT molecular complexity index is 5490. The van der Waals surface area contributed by atoms with Gasteiger partial charge < -0.3 is 86.0 Å². The fourth-order valence-corrected chi connectivity index (χ4v) is 16.7. The summed E-state index contributed by atoms with van der Waals surface area (Å²) in [5.74, 6) is -0.762. The number of carbonyl (C=O) groups excluding carboxylic acids is 9. The van der Waals surface area contributed by atoms with E-state index in [2.05, 4.69) is 43.5 Å². The van der Waals surface area contributed by atoms with Gasteiger partial charge in [0.15, 0.2) is 12.5 Å². The SMILES string of the molecule is C=CCOC(=O)N1c2cc(OCCCC(=O)Nc3cc(C(=O)Nc4ccc5sc(C(=O)Nc6ccc(N)cc6)cc5c4)n(C)c3)c(C)cc2C(=O)N2CCCC[C@H]2C1OC1CCCCO1.Cc1cc2c(cc1OCCCC(=O)Nc1cc(C(=O)Nc3ccc4sc(C(=O)Nc5ccc(N)cc5)cc4c3)n(C)c1)N=C[C@@H]1CCCCN1C2=O. The lowest BCUT2D eigenvalue weighted by atomic mass is 10.00. The Kier molecular flexibility index (Phi) is 25.2. The number of aliphatic imine (C=N–C) groups is 1. The van der Waals surface area contributed by atoms with Crippen LogP contribution in [0.3, 0.4) is 0 Å². The van der Waals surface area contributed by atoms with E-state index in [-0.39, 0.29) is 79.4 Å². The van der Waals surface area contributed by atoms with Crippen LogP contribution in [0.5, 0.6) is 11.5 Å². The number of nitrogens with one attached hydrogen (secondary N) is 6. The van der Waals surface area contributed by atoms with E-state index >= 15 is 0 Å². The molecular formula is C87H92N14O14S2. The first-order chi connectivity index (χ1) is 56.6. The van der Waals surface area contributed by atoms with E-state index in [1.807, 2.05) is 60.2 Å². The van der Waals surface area contributed by atoms with Crippen LogP contribution in [0.4, 0.5) is 61.7 Å². The van der Waals surface area contributed by atoms with Gasteiger partial charge in [-0.1, -0.05) is 12.7 Å². The van der Waals surface area contributed by atoms with Crippen molar-refractivity contribution in [2.24, 2.45) is 19.1 Å². The van der Waals surface area contributed by atoms with Crippen LogP contribution in [0.2, 0.25) is 0 Å².